The Morgan fingerprint density at radius 3 is 2.80 bits per heavy atom. The van der Waals surface area contributed by atoms with Crippen molar-refractivity contribution < 1.29 is 14.3 Å². The van der Waals surface area contributed by atoms with Gasteiger partial charge in [-0.25, -0.2) is 4.79 Å². The van der Waals surface area contributed by atoms with Crippen LogP contribution in [-0.2, 0) is 14.3 Å². The summed E-state index contributed by atoms with van der Waals surface area (Å²) in [5, 5.41) is 0. The Morgan fingerprint density at radius 1 is 1.40 bits per heavy atom. The molecule has 78 valence electrons. The minimum Gasteiger partial charge on any atom is -0.466 e. The first-order valence-electron chi connectivity index (χ1n) is 4.78. The number of carbonyl (C=O) groups is 1. The SMILES string of the molecule is COC(=O)/C=C/[C@@H]1O[C@@H]1c1ccccc1. The molecular formula is C12H12O3. The maximum absolute atomic E-state index is 10.8. The average Bonchev–Trinajstić information content (AvgIpc) is 3.06. The molecule has 0 aromatic heterocycles. The summed E-state index contributed by atoms with van der Waals surface area (Å²) in [5.41, 5.74) is 1.14. The second kappa shape index (κ2) is 4.28. The van der Waals surface area contributed by atoms with Crippen molar-refractivity contribution in [2.75, 3.05) is 7.11 Å². The van der Waals surface area contributed by atoms with E-state index in [1.54, 1.807) is 6.08 Å². The summed E-state index contributed by atoms with van der Waals surface area (Å²) in [6.45, 7) is 0. The topological polar surface area (TPSA) is 38.8 Å². The normalized spacial score (nSPS) is 24.1. The molecule has 0 aliphatic carbocycles. The summed E-state index contributed by atoms with van der Waals surface area (Å²) < 4.78 is 9.89. The van der Waals surface area contributed by atoms with E-state index in [1.165, 1.54) is 13.2 Å². The van der Waals surface area contributed by atoms with E-state index in [2.05, 4.69) is 4.74 Å². The number of ether oxygens (including phenoxy) is 2. The predicted octanol–water partition coefficient (Wildman–Crippen LogP) is 1.86. The van der Waals surface area contributed by atoms with Gasteiger partial charge in [0.1, 0.15) is 12.2 Å². The Bertz CT molecular complexity index is 370. The van der Waals surface area contributed by atoms with Crippen LogP contribution in [0.1, 0.15) is 11.7 Å². The number of hydrogen-bond acceptors (Lipinski definition) is 3. The number of hydrogen-bond donors (Lipinski definition) is 0. The summed E-state index contributed by atoms with van der Waals surface area (Å²) in [6.07, 6.45) is 3.22. The Hall–Kier alpha value is -1.61. The maximum Gasteiger partial charge on any atom is 0.330 e. The smallest absolute Gasteiger partial charge is 0.330 e. The van der Waals surface area contributed by atoms with Gasteiger partial charge in [0, 0.05) is 6.08 Å². The van der Waals surface area contributed by atoms with Crippen LogP contribution in [0.4, 0.5) is 0 Å². The van der Waals surface area contributed by atoms with Crippen LogP contribution in [0, 0.1) is 0 Å². The van der Waals surface area contributed by atoms with Crippen molar-refractivity contribution in [2.45, 2.75) is 12.2 Å². The lowest BCUT2D eigenvalue weighted by Crippen LogP contribution is -1.95. The van der Waals surface area contributed by atoms with Crippen molar-refractivity contribution in [1.82, 2.24) is 0 Å². The van der Waals surface area contributed by atoms with Gasteiger partial charge in [0.2, 0.25) is 0 Å². The van der Waals surface area contributed by atoms with Crippen LogP contribution in [0.3, 0.4) is 0 Å². The zero-order valence-electron chi connectivity index (χ0n) is 8.42. The van der Waals surface area contributed by atoms with Gasteiger partial charge in [0.15, 0.2) is 0 Å². The van der Waals surface area contributed by atoms with E-state index < -0.39 is 0 Å². The highest BCUT2D eigenvalue weighted by Crippen LogP contribution is 2.39. The number of esters is 1. The molecule has 0 N–H and O–H groups in total. The molecule has 1 fully saturated rings. The molecule has 2 rings (SSSR count). The van der Waals surface area contributed by atoms with Gasteiger partial charge in [-0.2, -0.15) is 0 Å². The molecule has 1 aliphatic rings. The van der Waals surface area contributed by atoms with Crippen LogP contribution >= 0.6 is 0 Å². The fourth-order valence-corrected chi connectivity index (χ4v) is 1.42. The van der Waals surface area contributed by atoms with Gasteiger partial charge in [-0.15, -0.1) is 0 Å². The van der Waals surface area contributed by atoms with E-state index >= 15 is 0 Å². The van der Waals surface area contributed by atoms with Crippen molar-refractivity contribution in [3.05, 3.63) is 48.0 Å². The van der Waals surface area contributed by atoms with Gasteiger partial charge in [-0.3, -0.25) is 0 Å². The lowest BCUT2D eigenvalue weighted by atomic mass is 10.1. The molecule has 3 nitrogen and oxygen atoms in total. The standard InChI is InChI=1S/C12H12O3/c1-14-11(13)8-7-10-12(15-10)9-5-3-2-4-6-9/h2-8,10,12H,1H3/b8-7+/t10-,12+/m0/s1. The summed E-state index contributed by atoms with van der Waals surface area (Å²) >= 11 is 0. The third-order valence-electron chi connectivity index (χ3n) is 2.28. The van der Waals surface area contributed by atoms with Gasteiger partial charge in [-0.1, -0.05) is 30.3 Å². The molecule has 1 heterocycles. The van der Waals surface area contributed by atoms with E-state index in [4.69, 9.17) is 4.74 Å². The molecule has 1 aromatic carbocycles. The van der Waals surface area contributed by atoms with Crippen LogP contribution in [0.2, 0.25) is 0 Å². The molecule has 0 radical (unpaired) electrons. The van der Waals surface area contributed by atoms with Gasteiger partial charge < -0.3 is 9.47 Å². The Morgan fingerprint density at radius 2 is 2.13 bits per heavy atom. The summed E-state index contributed by atoms with van der Waals surface area (Å²) in [7, 11) is 1.36. The van der Waals surface area contributed by atoms with Crippen molar-refractivity contribution >= 4 is 5.97 Å². The first-order chi connectivity index (χ1) is 7.31. The van der Waals surface area contributed by atoms with Crippen LogP contribution in [0.25, 0.3) is 0 Å². The van der Waals surface area contributed by atoms with Gasteiger partial charge >= 0.3 is 5.97 Å². The average molecular weight is 204 g/mol. The minimum absolute atomic E-state index is 0.00602. The van der Waals surface area contributed by atoms with Crippen molar-refractivity contribution in [3.63, 3.8) is 0 Å². The quantitative estimate of drug-likeness (QED) is 0.428. The number of carbonyl (C=O) groups excluding carboxylic acids is 1. The number of methoxy groups -OCH3 is 1. The Kier molecular flexibility index (Phi) is 2.83. The first kappa shape index (κ1) is 9.93. The highest BCUT2D eigenvalue weighted by atomic mass is 16.6. The fourth-order valence-electron chi connectivity index (χ4n) is 1.42. The molecular weight excluding hydrogens is 192 g/mol. The highest BCUT2D eigenvalue weighted by Gasteiger charge is 2.37. The summed E-state index contributed by atoms with van der Waals surface area (Å²) in [6, 6.07) is 9.93. The molecule has 0 bridgehead atoms. The maximum atomic E-state index is 10.8. The van der Waals surface area contributed by atoms with Crippen molar-refractivity contribution in [3.8, 4) is 0 Å². The molecule has 0 saturated carbocycles. The zero-order valence-corrected chi connectivity index (χ0v) is 8.42. The molecule has 0 amide bonds. The molecule has 0 unspecified atom stereocenters. The van der Waals surface area contributed by atoms with Crippen LogP contribution in [0.15, 0.2) is 42.5 Å². The highest BCUT2D eigenvalue weighted by molar-refractivity contribution is 5.81. The van der Waals surface area contributed by atoms with E-state index in [1.807, 2.05) is 30.3 Å². The van der Waals surface area contributed by atoms with E-state index in [0.717, 1.165) is 5.56 Å². The zero-order chi connectivity index (χ0) is 10.7. The fraction of sp³-hybridized carbons (Fsp3) is 0.250. The van der Waals surface area contributed by atoms with Crippen LogP contribution in [-0.4, -0.2) is 19.2 Å². The molecule has 3 heteroatoms. The van der Waals surface area contributed by atoms with Crippen LogP contribution in [0.5, 0.6) is 0 Å². The second-order valence-corrected chi connectivity index (χ2v) is 3.31. The van der Waals surface area contributed by atoms with E-state index in [-0.39, 0.29) is 18.2 Å². The molecule has 1 aromatic rings. The largest absolute Gasteiger partial charge is 0.466 e. The molecule has 15 heavy (non-hydrogen) atoms. The Balaban J connectivity index is 1.92. The van der Waals surface area contributed by atoms with Crippen LogP contribution < -0.4 is 0 Å². The Labute approximate surface area is 88.3 Å². The second-order valence-electron chi connectivity index (χ2n) is 3.31. The predicted molar refractivity (Wildman–Crippen MR) is 55.2 cm³/mol. The van der Waals surface area contributed by atoms with Gasteiger partial charge in [0.25, 0.3) is 0 Å². The molecule has 1 aliphatic heterocycles. The minimum atomic E-state index is -0.350. The summed E-state index contributed by atoms with van der Waals surface area (Å²) in [5.74, 6) is -0.350. The number of rotatable bonds is 3. The number of epoxide rings is 1. The van der Waals surface area contributed by atoms with Crippen molar-refractivity contribution in [2.24, 2.45) is 0 Å². The first-order valence-corrected chi connectivity index (χ1v) is 4.78. The third-order valence-corrected chi connectivity index (χ3v) is 2.28. The monoisotopic (exact) mass is 204 g/mol. The molecule has 1 saturated heterocycles. The van der Waals surface area contributed by atoms with Gasteiger partial charge in [0.05, 0.1) is 7.11 Å². The molecule has 2 atom stereocenters. The van der Waals surface area contributed by atoms with E-state index in [9.17, 15) is 4.79 Å². The lowest BCUT2D eigenvalue weighted by Gasteiger charge is -1.92. The van der Waals surface area contributed by atoms with E-state index in [0.29, 0.717) is 0 Å². The number of benzene rings is 1. The van der Waals surface area contributed by atoms with Crippen molar-refractivity contribution in [1.29, 1.82) is 0 Å². The van der Waals surface area contributed by atoms with Gasteiger partial charge in [-0.05, 0) is 11.6 Å². The third kappa shape index (κ3) is 2.44. The summed E-state index contributed by atoms with van der Waals surface area (Å²) in [4.78, 5) is 10.8. The molecule has 0 spiro atoms. The lowest BCUT2D eigenvalue weighted by molar-refractivity contribution is -0.134.